The van der Waals surface area contributed by atoms with E-state index in [-0.39, 0.29) is 30.0 Å². The van der Waals surface area contributed by atoms with E-state index in [4.69, 9.17) is 14.5 Å². The number of aliphatic imine (C=N–C) groups is 1. The number of amidine groups is 1. The third kappa shape index (κ3) is 7.19. The van der Waals surface area contributed by atoms with Gasteiger partial charge >= 0.3 is 0 Å². The van der Waals surface area contributed by atoms with Crippen LogP contribution < -0.4 is 19.7 Å². The Morgan fingerprint density at radius 2 is 1.55 bits per heavy atom. The average molecular weight is 788 g/mol. The summed E-state index contributed by atoms with van der Waals surface area (Å²) in [7, 11) is 1.55. The SMILES string of the molecule is COc1cc(/C=C2\SC(=Nc3cc4c5c(c3)[C@@H](c3ccccc3)CCN5CC[C@@H]4c3ccccc3)NC2=O)cc(Br)c1OCc1ccc([N+](=O)[O-])cc1. The lowest BCUT2D eigenvalue weighted by molar-refractivity contribution is -0.384. The molecule has 3 aliphatic heterocycles. The zero-order chi connectivity index (χ0) is 36.5. The van der Waals surface area contributed by atoms with Gasteiger partial charge in [-0.25, -0.2) is 4.99 Å². The monoisotopic (exact) mass is 786 g/mol. The van der Waals surface area contributed by atoms with Gasteiger partial charge in [-0.3, -0.25) is 14.9 Å². The minimum atomic E-state index is -0.436. The summed E-state index contributed by atoms with van der Waals surface area (Å²) >= 11 is 4.91. The second-order valence-corrected chi connectivity index (χ2v) is 15.1. The van der Waals surface area contributed by atoms with Crippen LogP contribution in [0.2, 0.25) is 0 Å². The molecule has 53 heavy (non-hydrogen) atoms. The van der Waals surface area contributed by atoms with Crippen molar-refractivity contribution < 1.29 is 19.2 Å². The molecule has 3 aliphatic rings. The molecule has 266 valence electrons. The number of benzene rings is 5. The molecule has 5 aromatic rings. The van der Waals surface area contributed by atoms with Gasteiger partial charge < -0.3 is 19.7 Å². The van der Waals surface area contributed by atoms with Crippen molar-refractivity contribution in [1.82, 2.24) is 5.32 Å². The minimum absolute atomic E-state index is 0.0177. The summed E-state index contributed by atoms with van der Waals surface area (Å²) in [6, 6.07) is 35.8. The maximum absolute atomic E-state index is 13.3. The first-order chi connectivity index (χ1) is 25.8. The molecule has 0 radical (unpaired) electrons. The van der Waals surface area contributed by atoms with Crippen LogP contribution >= 0.6 is 27.7 Å². The van der Waals surface area contributed by atoms with E-state index in [1.807, 2.05) is 6.07 Å². The van der Waals surface area contributed by atoms with E-state index in [2.05, 4.69) is 98.9 Å². The Hall–Kier alpha value is -5.39. The number of nitrogens with zero attached hydrogens (tertiary/aromatic N) is 3. The standard InChI is InChI=1S/C42H35BrN4O5S/c1-51-37-21-27(20-36(43)40(37)52-25-26-12-14-31(15-13-26)47(49)50)22-38-41(48)45-42(53-38)44-30-23-34-32(28-8-4-2-5-9-28)16-18-46-19-17-33(35(24-30)39(34)46)29-10-6-3-7-11-29/h2-15,20-24,32-33H,16-19,25H2,1H3,(H,44,45,48)/b38-22-/t32-,33-/m1/s1. The molecule has 0 aromatic heterocycles. The summed E-state index contributed by atoms with van der Waals surface area (Å²) < 4.78 is 12.3. The molecule has 0 unspecified atom stereocenters. The quantitative estimate of drug-likeness (QED) is 0.0901. The summed E-state index contributed by atoms with van der Waals surface area (Å²) in [6.07, 6.45) is 3.87. The van der Waals surface area contributed by atoms with Crippen molar-refractivity contribution in [2.45, 2.75) is 31.3 Å². The van der Waals surface area contributed by atoms with Gasteiger partial charge in [-0.15, -0.1) is 0 Å². The van der Waals surface area contributed by atoms with Gasteiger partial charge in [-0.2, -0.15) is 0 Å². The molecule has 1 N–H and O–H groups in total. The van der Waals surface area contributed by atoms with Crippen LogP contribution in [0.25, 0.3) is 6.08 Å². The third-order valence-electron chi connectivity index (χ3n) is 9.96. The summed E-state index contributed by atoms with van der Waals surface area (Å²) in [5.74, 6) is 1.25. The molecule has 8 rings (SSSR count). The Bertz CT molecular complexity index is 2190. The highest BCUT2D eigenvalue weighted by molar-refractivity contribution is 9.10. The molecule has 0 spiro atoms. The van der Waals surface area contributed by atoms with E-state index in [0.29, 0.717) is 26.0 Å². The number of anilines is 1. The highest BCUT2D eigenvalue weighted by Gasteiger charge is 2.35. The normalized spacial score (nSPS) is 19.2. The fourth-order valence-electron chi connectivity index (χ4n) is 7.49. The van der Waals surface area contributed by atoms with Crippen molar-refractivity contribution in [3.63, 3.8) is 0 Å². The molecule has 11 heteroatoms. The Morgan fingerprint density at radius 3 is 2.13 bits per heavy atom. The van der Waals surface area contributed by atoms with Crippen molar-refractivity contribution in [1.29, 1.82) is 0 Å². The number of carbonyl (C=O) groups is 1. The lowest BCUT2D eigenvalue weighted by Crippen LogP contribution is -2.37. The lowest BCUT2D eigenvalue weighted by Gasteiger charge is -2.43. The van der Waals surface area contributed by atoms with E-state index in [0.717, 1.165) is 42.7 Å². The number of non-ortho nitro benzene ring substituents is 1. The van der Waals surface area contributed by atoms with Crippen LogP contribution in [0.4, 0.5) is 17.1 Å². The molecular formula is C42H35BrN4O5S. The summed E-state index contributed by atoms with van der Waals surface area (Å²) in [4.78, 5) is 32.0. The fraction of sp³-hybridized carbons (Fsp3) is 0.190. The zero-order valence-electron chi connectivity index (χ0n) is 28.8. The van der Waals surface area contributed by atoms with Crippen LogP contribution in [0.3, 0.4) is 0 Å². The number of nitro groups is 1. The number of nitrogens with one attached hydrogen (secondary N) is 1. The van der Waals surface area contributed by atoms with Crippen molar-refractivity contribution in [3.8, 4) is 11.5 Å². The van der Waals surface area contributed by atoms with E-state index < -0.39 is 4.92 Å². The van der Waals surface area contributed by atoms with Crippen LogP contribution in [0, 0.1) is 10.1 Å². The Balaban J connectivity index is 1.09. The van der Waals surface area contributed by atoms with E-state index in [1.165, 1.54) is 51.8 Å². The number of rotatable bonds is 9. The van der Waals surface area contributed by atoms with E-state index in [1.54, 1.807) is 31.4 Å². The van der Waals surface area contributed by atoms with Gasteiger partial charge in [0, 0.05) is 42.7 Å². The summed E-state index contributed by atoms with van der Waals surface area (Å²) in [5.41, 5.74) is 8.88. The second kappa shape index (κ2) is 14.9. The smallest absolute Gasteiger partial charge is 0.269 e. The molecule has 3 heterocycles. The van der Waals surface area contributed by atoms with Crippen molar-refractivity contribution in [2.75, 3.05) is 25.1 Å². The van der Waals surface area contributed by atoms with Crippen LogP contribution in [-0.2, 0) is 11.4 Å². The van der Waals surface area contributed by atoms with Crippen molar-refractivity contribution in [2.24, 2.45) is 4.99 Å². The van der Waals surface area contributed by atoms with E-state index >= 15 is 0 Å². The van der Waals surface area contributed by atoms with Gasteiger partial charge in [0.1, 0.15) is 6.61 Å². The maximum Gasteiger partial charge on any atom is 0.269 e. The van der Waals surface area contributed by atoms with Crippen LogP contribution in [0.5, 0.6) is 11.5 Å². The number of amides is 1. The predicted molar refractivity (Wildman–Crippen MR) is 213 cm³/mol. The first kappa shape index (κ1) is 34.7. The largest absolute Gasteiger partial charge is 0.493 e. The molecule has 1 fully saturated rings. The van der Waals surface area contributed by atoms with E-state index in [9.17, 15) is 14.9 Å². The molecule has 0 aliphatic carbocycles. The van der Waals surface area contributed by atoms with Crippen LogP contribution in [-0.4, -0.2) is 36.2 Å². The third-order valence-corrected chi connectivity index (χ3v) is 11.5. The van der Waals surface area contributed by atoms with Gasteiger partial charge in [0.15, 0.2) is 16.7 Å². The number of thioether (sulfide) groups is 1. The molecule has 9 nitrogen and oxygen atoms in total. The Labute approximate surface area is 320 Å². The van der Waals surface area contributed by atoms with Gasteiger partial charge in [-0.05, 0) is 116 Å². The Morgan fingerprint density at radius 1 is 0.925 bits per heavy atom. The maximum atomic E-state index is 13.3. The Kier molecular flexibility index (Phi) is 9.76. The number of ether oxygens (including phenoxy) is 2. The van der Waals surface area contributed by atoms with Gasteiger partial charge in [0.2, 0.25) is 0 Å². The van der Waals surface area contributed by atoms with Crippen molar-refractivity contribution in [3.05, 3.63) is 162 Å². The first-order valence-corrected chi connectivity index (χ1v) is 19.0. The molecule has 2 atom stereocenters. The first-order valence-electron chi connectivity index (χ1n) is 17.4. The molecule has 1 saturated heterocycles. The molecule has 0 bridgehead atoms. The van der Waals surface area contributed by atoms with Crippen molar-refractivity contribution >= 4 is 61.9 Å². The number of nitro benzene ring substituents is 1. The van der Waals surface area contributed by atoms with Crippen LogP contribution in [0.1, 0.15) is 58.1 Å². The summed E-state index contributed by atoms with van der Waals surface area (Å²) in [6.45, 7) is 2.22. The van der Waals surface area contributed by atoms with Gasteiger partial charge in [0.25, 0.3) is 11.6 Å². The van der Waals surface area contributed by atoms with Gasteiger partial charge in [0.05, 0.1) is 27.1 Å². The number of halogens is 1. The predicted octanol–water partition coefficient (Wildman–Crippen LogP) is 9.71. The molecule has 5 aromatic carbocycles. The summed E-state index contributed by atoms with van der Waals surface area (Å²) in [5, 5.41) is 14.5. The molecule has 1 amide bonds. The zero-order valence-corrected chi connectivity index (χ0v) is 31.2. The molecular weight excluding hydrogens is 752 g/mol. The lowest BCUT2D eigenvalue weighted by atomic mass is 9.76. The minimum Gasteiger partial charge on any atom is -0.493 e. The topological polar surface area (TPSA) is 106 Å². The molecule has 0 saturated carbocycles. The highest BCUT2D eigenvalue weighted by atomic mass is 79.9. The number of hydrogen-bond donors (Lipinski definition) is 1. The average Bonchev–Trinajstić information content (AvgIpc) is 3.52. The number of hydrogen-bond acceptors (Lipinski definition) is 8. The number of carbonyl (C=O) groups excluding carboxylic acids is 1. The highest BCUT2D eigenvalue weighted by Crippen LogP contribution is 2.50. The number of methoxy groups -OCH3 is 1. The van der Waals surface area contributed by atoms with Gasteiger partial charge in [-0.1, -0.05) is 60.7 Å². The fourth-order valence-corrected chi connectivity index (χ4v) is 8.90. The second-order valence-electron chi connectivity index (χ2n) is 13.2. The van der Waals surface area contributed by atoms with Crippen LogP contribution in [0.15, 0.2) is 124 Å².